The molecule has 0 unspecified atom stereocenters. The summed E-state index contributed by atoms with van der Waals surface area (Å²) >= 11 is 0. The number of ether oxygens (including phenoxy) is 1. The minimum Gasteiger partial charge on any atom is -0.478 e. The van der Waals surface area contributed by atoms with Crippen molar-refractivity contribution in [1.82, 2.24) is 9.97 Å². The number of carboxylic acids is 1. The van der Waals surface area contributed by atoms with Gasteiger partial charge in [-0.2, -0.15) is 5.26 Å². The highest BCUT2D eigenvalue weighted by Crippen LogP contribution is 2.20. The molecule has 8 heteroatoms. The van der Waals surface area contributed by atoms with Gasteiger partial charge in [0.05, 0.1) is 11.8 Å². The summed E-state index contributed by atoms with van der Waals surface area (Å²) in [6, 6.07) is 7.06. The second-order valence-electron chi connectivity index (χ2n) is 4.50. The number of rotatable bonds is 4. The van der Waals surface area contributed by atoms with Crippen molar-refractivity contribution in [3.8, 4) is 11.9 Å². The molecule has 2 heterocycles. The summed E-state index contributed by atoms with van der Waals surface area (Å²) in [5.74, 6) is -1.58. The molecule has 0 radical (unpaired) electrons. The Morgan fingerprint density at radius 1 is 1.43 bits per heavy atom. The number of hydrogen-bond donors (Lipinski definition) is 1. The third-order valence-electron chi connectivity index (χ3n) is 2.95. The highest BCUT2D eigenvalue weighted by molar-refractivity contribution is 5.91. The predicted molar refractivity (Wildman–Crippen MR) is 74.2 cm³/mol. The molecule has 0 bridgehead atoms. The van der Waals surface area contributed by atoms with Gasteiger partial charge in [0.2, 0.25) is 11.8 Å². The average Bonchev–Trinajstić information content (AvgIpc) is 2.95. The van der Waals surface area contributed by atoms with Gasteiger partial charge in [0.15, 0.2) is 12.2 Å². The average molecular weight is 313 g/mol. The summed E-state index contributed by atoms with van der Waals surface area (Å²) in [6.07, 6.45) is 0.932. The quantitative estimate of drug-likeness (QED) is 0.788. The van der Waals surface area contributed by atoms with Crippen LogP contribution in [0.4, 0.5) is 4.39 Å². The lowest BCUT2D eigenvalue weighted by molar-refractivity contribution is 0.0697. The molecule has 3 aromatic rings. The molecule has 3 rings (SSSR count). The Balaban J connectivity index is 1.82. The number of aromatic carboxylic acids is 1. The van der Waals surface area contributed by atoms with Crippen molar-refractivity contribution in [3.63, 3.8) is 0 Å². The molecule has 1 aromatic carbocycles. The van der Waals surface area contributed by atoms with Gasteiger partial charge in [-0.3, -0.25) is 0 Å². The maximum atomic E-state index is 13.0. The molecule has 23 heavy (non-hydrogen) atoms. The molecule has 0 aliphatic heterocycles. The van der Waals surface area contributed by atoms with E-state index in [0.29, 0.717) is 11.1 Å². The smallest absolute Gasteiger partial charge is 0.335 e. The van der Waals surface area contributed by atoms with Crippen LogP contribution in [-0.2, 0) is 6.61 Å². The van der Waals surface area contributed by atoms with Crippen LogP contribution < -0.4 is 4.74 Å². The van der Waals surface area contributed by atoms with Gasteiger partial charge in [0, 0.05) is 0 Å². The van der Waals surface area contributed by atoms with E-state index in [9.17, 15) is 9.18 Å². The van der Waals surface area contributed by atoms with E-state index in [1.807, 2.05) is 0 Å². The number of halogens is 1. The van der Waals surface area contributed by atoms with Crippen LogP contribution in [0.5, 0.6) is 5.88 Å². The Kier molecular flexibility index (Phi) is 3.60. The summed E-state index contributed by atoms with van der Waals surface area (Å²) in [5, 5.41) is 17.8. The van der Waals surface area contributed by atoms with Gasteiger partial charge in [-0.15, -0.1) is 0 Å². The summed E-state index contributed by atoms with van der Waals surface area (Å²) < 4.78 is 23.7. The van der Waals surface area contributed by atoms with E-state index in [1.54, 1.807) is 6.07 Å². The van der Waals surface area contributed by atoms with Gasteiger partial charge >= 0.3 is 5.97 Å². The van der Waals surface area contributed by atoms with Crippen LogP contribution >= 0.6 is 0 Å². The summed E-state index contributed by atoms with van der Waals surface area (Å²) in [4.78, 5) is 18.7. The molecule has 0 fully saturated rings. The minimum atomic E-state index is -1.07. The molecule has 114 valence electrons. The van der Waals surface area contributed by atoms with E-state index in [-0.39, 0.29) is 29.5 Å². The van der Waals surface area contributed by atoms with E-state index < -0.39 is 11.8 Å². The molecular weight excluding hydrogens is 305 g/mol. The van der Waals surface area contributed by atoms with E-state index in [2.05, 4.69) is 9.97 Å². The second kappa shape index (κ2) is 5.73. The number of nitrogens with zero attached hydrogens (tertiary/aromatic N) is 3. The molecule has 2 aromatic heterocycles. The molecule has 7 nitrogen and oxygen atoms in total. The zero-order valence-electron chi connectivity index (χ0n) is 11.5. The number of aromatic nitrogens is 2. The first kappa shape index (κ1) is 14.5. The van der Waals surface area contributed by atoms with Crippen LogP contribution in [0.2, 0.25) is 0 Å². The van der Waals surface area contributed by atoms with Crippen molar-refractivity contribution in [2.24, 2.45) is 0 Å². The fraction of sp³-hybridized carbons (Fsp3) is 0.0667. The van der Waals surface area contributed by atoms with Gasteiger partial charge in [0.25, 0.3) is 0 Å². The maximum Gasteiger partial charge on any atom is 0.335 e. The maximum absolute atomic E-state index is 13.0. The first-order valence-electron chi connectivity index (χ1n) is 6.38. The molecule has 0 amide bonds. The van der Waals surface area contributed by atoms with Gasteiger partial charge in [0.1, 0.15) is 23.0 Å². The first-order chi connectivity index (χ1) is 11.1. The Labute approximate surface area is 128 Å². The summed E-state index contributed by atoms with van der Waals surface area (Å²) in [5.41, 5.74) is 0.805. The van der Waals surface area contributed by atoms with Crippen molar-refractivity contribution in [2.45, 2.75) is 6.61 Å². The number of pyridine rings is 1. The lowest BCUT2D eigenvalue weighted by atomic mass is 10.2. The van der Waals surface area contributed by atoms with Crippen LogP contribution in [0, 0.1) is 17.1 Å². The zero-order valence-corrected chi connectivity index (χ0v) is 11.5. The van der Waals surface area contributed by atoms with Crippen LogP contribution in [0.1, 0.15) is 21.8 Å². The van der Waals surface area contributed by atoms with Gasteiger partial charge in [-0.25, -0.2) is 19.2 Å². The fourth-order valence-corrected chi connectivity index (χ4v) is 1.92. The van der Waals surface area contributed by atoms with Crippen molar-refractivity contribution in [2.75, 3.05) is 0 Å². The first-order valence-corrected chi connectivity index (χ1v) is 6.38. The van der Waals surface area contributed by atoms with Crippen molar-refractivity contribution >= 4 is 17.1 Å². The number of carboxylic acid groups (broad SMARTS) is 1. The predicted octanol–water partition coefficient (Wildman–Crippen LogP) is 2.51. The number of benzene rings is 1. The zero-order chi connectivity index (χ0) is 16.4. The Hall–Kier alpha value is -3.47. The van der Waals surface area contributed by atoms with Crippen LogP contribution in [-0.4, -0.2) is 21.0 Å². The van der Waals surface area contributed by atoms with E-state index in [4.69, 9.17) is 19.5 Å². The van der Waals surface area contributed by atoms with Crippen LogP contribution in [0.15, 0.2) is 34.9 Å². The Morgan fingerprint density at radius 3 is 3.00 bits per heavy atom. The van der Waals surface area contributed by atoms with Crippen molar-refractivity contribution in [3.05, 3.63) is 53.3 Å². The largest absolute Gasteiger partial charge is 0.478 e. The molecule has 0 saturated carbocycles. The normalized spacial score (nSPS) is 10.4. The highest BCUT2D eigenvalue weighted by atomic mass is 19.1. The van der Waals surface area contributed by atoms with E-state index in [1.165, 1.54) is 18.2 Å². The molecule has 0 saturated heterocycles. The lowest BCUT2D eigenvalue weighted by Gasteiger charge is -2.03. The van der Waals surface area contributed by atoms with Gasteiger partial charge < -0.3 is 14.3 Å². The van der Waals surface area contributed by atoms with Gasteiger partial charge in [-0.05, 0) is 24.3 Å². The number of oxazole rings is 1. The number of carbonyl (C=O) groups is 1. The molecular formula is C15H8FN3O4. The molecule has 0 aliphatic carbocycles. The number of nitriles is 1. The molecule has 1 N–H and O–H groups in total. The number of fused-ring (bicyclic) bond motifs is 1. The molecule has 0 atom stereocenters. The van der Waals surface area contributed by atoms with E-state index in [0.717, 1.165) is 12.3 Å². The van der Waals surface area contributed by atoms with Crippen molar-refractivity contribution < 1.29 is 23.4 Å². The Morgan fingerprint density at radius 2 is 2.26 bits per heavy atom. The Bertz CT molecular complexity index is 946. The van der Waals surface area contributed by atoms with E-state index >= 15 is 0 Å². The van der Waals surface area contributed by atoms with Crippen molar-refractivity contribution in [1.29, 1.82) is 5.26 Å². The summed E-state index contributed by atoms with van der Waals surface area (Å²) in [7, 11) is 0. The second-order valence-corrected chi connectivity index (χ2v) is 4.50. The highest BCUT2D eigenvalue weighted by Gasteiger charge is 2.12. The minimum absolute atomic E-state index is 0.0395. The standard InChI is InChI=1S/C15H8FN3O4/c16-10-3-9(5-17)14(18-6-10)22-7-13-19-11-2-1-8(15(20)21)4-12(11)23-13/h1-4,6H,7H2,(H,20,21). The van der Waals surface area contributed by atoms with Gasteiger partial charge in [-0.1, -0.05) is 0 Å². The third-order valence-corrected chi connectivity index (χ3v) is 2.95. The van der Waals surface area contributed by atoms with Crippen LogP contribution in [0.3, 0.4) is 0 Å². The van der Waals surface area contributed by atoms with Crippen LogP contribution in [0.25, 0.3) is 11.1 Å². The topological polar surface area (TPSA) is 109 Å². The molecule has 0 spiro atoms. The SMILES string of the molecule is N#Cc1cc(F)cnc1OCc1nc2ccc(C(=O)O)cc2o1. The third kappa shape index (κ3) is 2.94. The fourth-order valence-electron chi connectivity index (χ4n) is 1.92. The molecule has 0 aliphatic rings. The monoisotopic (exact) mass is 313 g/mol. The lowest BCUT2D eigenvalue weighted by Crippen LogP contribution is -2.00. The number of hydrogen-bond acceptors (Lipinski definition) is 6. The summed E-state index contributed by atoms with van der Waals surface area (Å²) in [6.45, 7) is -0.135.